The highest BCUT2D eigenvalue weighted by Gasteiger charge is 2.64. The Morgan fingerprint density at radius 2 is 1.00 bits per heavy atom. The molecule has 60 valence electrons. The molecular weight excluding hydrogens is 214 g/mol. The molecule has 0 atom stereocenters. The Morgan fingerprint density at radius 1 is 0.800 bits per heavy atom. The van der Waals surface area contributed by atoms with Crippen molar-refractivity contribution in [2.45, 2.75) is 22.5 Å². The Hall–Kier alpha value is 1.16. The van der Waals surface area contributed by atoms with Gasteiger partial charge in [-0.3, -0.25) is 0 Å². The quantitative estimate of drug-likeness (QED) is 0.549. The molecule has 10 heavy (non-hydrogen) atoms. The van der Waals surface area contributed by atoms with Crippen LogP contribution < -0.4 is 0 Å². The summed E-state index contributed by atoms with van der Waals surface area (Å²) in [6.45, 7) is 3.69. The number of halogens is 4. The molecule has 0 N–H and O–H groups in total. The minimum Gasteiger partial charge on any atom is -0.101 e. The summed E-state index contributed by atoms with van der Waals surface area (Å²) in [4.78, 5) is 0. The Kier molecular flexibility index (Phi) is 2.15. The maximum atomic E-state index is 5.89. The first-order chi connectivity index (χ1) is 4.31. The number of hydrogen-bond acceptors (Lipinski definition) is 0. The lowest BCUT2D eigenvalue weighted by molar-refractivity contribution is 0.183. The predicted octanol–water partition coefficient (Wildman–Crippen LogP) is 3.62. The van der Waals surface area contributed by atoms with Crippen molar-refractivity contribution in [2.24, 2.45) is 11.8 Å². The van der Waals surface area contributed by atoms with Gasteiger partial charge in [0.25, 0.3) is 0 Å². The molecule has 0 radical (unpaired) electrons. The summed E-state index contributed by atoms with van der Waals surface area (Å²) in [7, 11) is 0. The molecule has 1 rings (SSSR count). The first-order valence-corrected chi connectivity index (χ1v) is 4.58. The molecule has 4 heteroatoms. The zero-order valence-electron chi connectivity index (χ0n) is 5.67. The molecule has 1 aliphatic carbocycles. The van der Waals surface area contributed by atoms with Gasteiger partial charge >= 0.3 is 0 Å². The van der Waals surface area contributed by atoms with Crippen molar-refractivity contribution in [3.8, 4) is 0 Å². The van der Waals surface area contributed by atoms with Crippen LogP contribution in [-0.2, 0) is 0 Å². The maximum Gasteiger partial charge on any atom is 0.129 e. The third-order valence-electron chi connectivity index (χ3n) is 2.31. The lowest BCUT2D eigenvalue weighted by Gasteiger charge is -2.54. The van der Waals surface area contributed by atoms with Gasteiger partial charge in [-0.2, -0.15) is 0 Å². The van der Waals surface area contributed by atoms with Gasteiger partial charge in [-0.05, 0) is 0 Å². The third kappa shape index (κ3) is 0.964. The summed E-state index contributed by atoms with van der Waals surface area (Å²) in [5.74, 6) is -0.136. The van der Waals surface area contributed by atoms with E-state index in [1.165, 1.54) is 0 Å². The topological polar surface area (TPSA) is 0 Å². The summed E-state index contributed by atoms with van der Waals surface area (Å²) in [5.41, 5.74) is 0. The highest BCUT2D eigenvalue weighted by molar-refractivity contribution is 6.57. The second-order valence-corrected chi connectivity index (χ2v) is 5.68. The second kappa shape index (κ2) is 2.32. The molecule has 0 aromatic rings. The van der Waals surface area contributed by atoms with E-state index in [1.807, 2.05) is 13.8 Å². The standard InChI is InChI=1S/C6H8Cl4/c1-3-5(7,8)4(2)6(3,9)10/h3-4H,1-2H3. The van der Waals surface area contributed by atoms with Crippen LogP contribution in [0.15, 0.2) is 0 Å². The van der Waals surface area contributed by atoms with E-state index in [-0.39, 0.29) is 11.8 Å². The minimum atomic E-state index is -0.747. The number of rotatable bonds is 0. The van der Waals surface area contributed by atoms with Gasteiger partial charge in [0, 0.05) is 11.8 Å². The maximum absolute atomic E-state index is 5.89. The van der Waals surface area contributed by atoms with Crippen LogP contribution in [0.3, 0.4) is 0 Å². The second-order valence-electron chi connectivity index (χ2n) is 2.79. The molecule has 1 aliphatic rings. The van der Waals surface area contributed by atoms with Gasteiger partial charge in [0.2, 0.25) is 0 Å². The molecule has 0 amide bonds. The molecule has 0 saturated heterocycles. The summed E-state index contributed by atoms with van der Waals surface area (Å²) >= 11 is 23.5. The van der Waals surface area contributed by atoms with Gasteiger partial charge in [-0.1, -0.05) is 13.8 Å². The van der Waals surface area contributed by atoms with Gasteiger partial charge in [0.1, 0.15) is 8.67 Å². The van der Waals surface area contributed by atoms with E-state index in [9.17, 15) is 0 Å². The zero-order chi connectivity index (χ0) is 8.15. The number of hydrogen-bond donors (Lipinski definition) is 0. The van der Waals surface area contributed by atoms with E-state index < -0.39 is 8.67 Å². The average molecular weight is 222 g/mol. The van der Waals surface area contributed by atoms with Gasteiger partial charge in [0.15, 0.2) is 0 Å². The smallest absolute Gasteiger partial charge is 0.101 e. The van der Waals surface area contributed by atoms with Gasteiger partial charge in [-0.25, -0.2) is 0 Å². The van der Waals surface area contributed by atoms with Crippen molar-refractivity contribution < 1.29 is 0 Å². The van der Waals surface area contributed by atoms with Crippen LogP contribution in [-0.4, -0.2) is 8.67 Å². The molecule has 0 aromatic carbocycles. The molecule has 0 bridgehead atoms. The van der Waals surface area contributed by atoms with E-state index in [0.29, 0.717) is 0 Å². The molecule has 0 aliphatic heterocycles. The molecule has 1 saturated carbocycles. The zero-order valence-corrected chi connectivity index (χ0v) is 8.69. The molecule has 1 fully saturated rings. The van der Waals surface area contributed by atoms with E-state index >= 15 is 0 Å². The average Bonchev–Trinajstić information content (AvgIpc) is 1.84. The van der Waals surface area contributed by atoms with Crippen molar-refractivity contribution >= 4 is 46.4 Å². The first kappa shape index (κ1) is 9.25. The summed E-state index contributed by atoms with van der Waals surface area (Å²) in [5, 5.41) is 0. The van der Waals surface area contributed by atoms with E-state index in [0.717, 1.165) is 0 Å². The van der Waals surface area contributed by atoms with Crippen LogP contribution in [0.25, 0.3) is 0 Å². The van der Waals surface area contributed by atoms with Crippen LogP contribution in [0.5, 0.6) is 0 Å². The van der Waals surface area contributed by atoms with Crippen molar-refractivity contribution in [3.63, 3.8) is 0 Å². The van der Waals surface area contributed by atoms with Crippen LogP contribution in [0.4, 0.5) is 0 Å². The molecule has 0 aromatic heterocycles. The lowest BCUT2D eigenvalue weighted by atomic mass is 9.74. The fourth-order valence-corrected chi connectivity index (χ4v) is 2.99. The largest absolute Gasteiger partial charge is 0.129 e. The van der Waals surface area contributed by atoms with Crippen LogP contribution in [0.2, 0.25) is 0 Å². The van der Waals surface area contributed by atoms with E-state index in [1.54, 1.807) is 0 Å². The normalized spacial score (nSPS) is 42.6. The van der Waals surface area contributed by atoms with Gasteiger partial charge in [0.05, 0.1) is 0 Å². The molecule has 0 unspecified atom stereocenters. The Bertz CT molecular complexity index is 122. The molecule has 0 heterocycles. The summed E-state index contributed by atoms with van der Waals surface area (Å²) in [6.07, 6.45) is 0. The molecule has 0 spiro atoms. The molecular formula is C6H8Cl4. The number of alkyl halides is 4. The first-order valence-electron chi connectivity index (χ1n) is 3.07. The van der Waals surface area contributed by atoms with E-state index in [2.05, 4.69) is 0 Å². The third-order valence-corrected chi connectivity index (χ3v) is 4.93. The fraction of sp³-hybridized carbons (Fsp3) is 1.00. The van der Waals surface area contributed by atoms with Gasteiger partial charge < -0.3 is 0 Å². The van der Waals surface area contributed by atoms with Crippen LogP contribution in [0.1, 0.15) is 13.8 Å². The fourth-order valence-electron chi connectivity index (χ4n) is 1.17. The van der Waals surface area contributed by atoms with Crippen molar-refractivity contribution in [1.82, 2.24) is 0 Å². The monoisotopic (exact) mass is 220 g/mol. The Balaban J connectivity index is 2.78. The Morgan fingerprint density at radius 3 is 1.10 bits per heavy atom. The van der Waals surface area contributed by atoms with Crippen molar-refractivity contribution in [1.29, 1.82) is 0 Å². The van der Waals surface area contributed by atoms with Crippen molar-refractivity contribution in [3.05, 3.63) is 0 Å². The summed E-state index contributed by atoms with van der Waals surface area (Å²) in [6, 6.07) is 0. The Labute approximate surface area is 80.8 Å². The highest BCUT2D eigenvalue weighted by Crippen LogP contribution is 2.63. The highest BCUT2D eigenvalue weighted by atomic mass is 35.5. The van der Waals surface area contributed by atoms with Crippen molar-refractivity contribution in [2.75, 3.05) is 0 Å². The minimum absolute atomic E-state index is 0.0679. The van der Waals surface area contributed by atoms with Gasteiger partial charge in [-0.15, -0.1) is 46.4 Å². The summed E-state index contributed by atoms with van der Waals surface area (Å²) < 4.78 is -1.49. The molecule has 0 nitrogen and oxygen atoms in total. The van der Waals surface area contributed by atoms with Crippen LogP contribution in [0, 0.1) is 11.8 Å². The van der Waals surface area contributed by atoms with E-state index in [4.69, 9.17) is 46.4 Å². The van der Waals surface area contributed by atoms with Crippen LogP contribution >= 0.6 is 46.4 Å². The predicted molar refractivity (Wildman–Crippen MR) is 47.2 cm³/mol. The SMILES string of the molecule is CC1C(Cl)(Cl)C(C)C1(Cl)Cl. The lowest BCUT2D eigenvalue weighted by Crippen LogP contribution is -2.60.